The van der Waals surface area contributed by atoms with E-state index in [1.165, 1.54) is 11.3 Å². The molecule has 2 rings (SSSR count). The third-order valence-electron chi connectivity index (χ3n) is 2.87. The molecule has 0 fully saturated rings. The zero-order valence-electron chi connectivity index (χ0n) is 11.5. The monoisotopic (exact) mass is 295 g/mol. The highest BCUT2D eigenvalue weighted by atomic mass is 32.1. The SMILES string of the molecule is CCCN(CCC(=O)O)C(=O)c1cn2cc(C)sc2n1. The molecule has 0 spiro atoms. The van der Waals surface area contributed by atoms with E-state index in [1.807, 2.05) is 24.4 Å². The largest absolute Gasteiger partial charge is 0.481 e. The third kappa shape index (κ3) is 3.16. The first-order chi connectivity index (χ1) is 9.51. The number of carbonyl (C=O) groups is 2. The summed E-state index contributed by atoms with van der Waals surface area (Å²) >= 11 is 1.52. The van der Waals surface area contributed by atoms with Gasteiger partial charge in [-0.1, -0.05) is 6.92 Å². The minimum atomic E-state index is -0.902. The van der Waals surface area contributed by atoms with Crippen LogP contribution in [0, 0.1) is 6.92 Å². The van der Waals surface area contributed by atoms with Gasteiger partial charge in [-0.15, -0.1) is 11.3 Å². The van der Waals surface area contributed by atoms with Crippen LogP contribution in [0.25, 0.3) is 4.96 Å². The van der Waals surface area contributed by atoms with Crippen molar-refractivity contribution < 1.29 is 14.7 Å². The minimum Gasteiger partial charge on any atom is -0.481 e. The van der Waals surface area contributed by atoms with Crippen molar-refractivity contribution in [1.82, 2.24) is 14.3 Å². The van der Waals surface area contributed by atoms with Gasteiger partial charge in [-0.3, -0.25) is 14.0 Å². The number of aliphatic carboxylic acids is 1. The quantitative estimate of drug-likeness (QED) is 0.885. The van der Waals surface area contributed by atoms with Crippen LogP contribution in [-0.2, 0) is 4.79 Å². The molecule has 0 saturated carbocycles. The summed E-state index contributed by atoms with van der Waals surface area (Å²) in [5.41, 5.74) is 0.370. The molecule has 1 amide bonds. The summed E-state index contributed by atoms with van der Waals surface area (Å²) in [6, 6.07) is 0. The number of thiazole rings is 1. The molecule has 0 aliphatic heterocycles. The number of carboxylic acid groups (broad SMARTS) is 1. The second kappa shape index (κ2) is 6.04. The fourth-order valence-electron chi connectivity index (χ4n) is 1.99. The Morgan fingerprint density at radius 2 is 2.15 bits per heavy atom. The Morgan fingerprint density at radius 3 is 2.75 bits per heavy atom. The molecule has 0 radical (unpaired) electrons. The van der Waals surface area contributed by atoms with Crippen LogP contribution in [0.2, 0.25) is 0 Å². The van der Waals surface area contributed by atoms with Crippen molar-refractivity contribution in [2.45, 2.75) is 26.7 Å². The lowest BCUT2D eigenvalue weighted by atomic mass is 10.3. The Morgan fingerprint density at radius 1 is 1.40 bits per heavy atom. The van der Waals surface area contributed by atoms with Crippen LogP contribution >= 0.6 is 11.3 Å². The number of hydrogen-bond donors (Lipinski definition) is 1. The molecule has 0 atom stereocenters. The summed E-state index contributed by atoms with van der Waals surface area (Å²) in [6.07, 6.45) is 4.36. The normalized spacial score (nSPS) is 10.9. The molecule has 2 heterocycles. The number of hydrogen-bond acceptors (Lipinski definition) is 4. The van der Waals surface area contributed by atoms with Crippen molar-refractivity contribution >= 4 is 28.2 Å². The molecule has 0 aliphatic carbocycles. The topological polar surface area (TPSA) is 74.9 Å². The first-order valence-corrected chi connectivity index (χ1v) is 7.29. The number of aryl methyl sites for hydroxylation is 1. The standard InChI is InChI=1S/C13H17N3O3S/c1-3-5-15(6-4-11(17)18)12(19)10-8-16-7-9(2)20-13(16)14-10/h7-8H,3-6H2,1-2H3,(H,17,18). The number of amides is 1. The molecule has 6 nitrogen and oxygen atoms in total. The van der Waals surface area contributed by atoms with E-state index < -0.39 is 5.97 Å². The van der Waals surface area contributed by atoms with Crippen LogP contribution in [0.5, 0.6) is 0 Å². The van der Waals surface area contributed by atoms with Gasteiger partial charge in [0, 0.05) is 30.4 Å². The van der Waals surface area contributed by atoms with Gasteiger partial charge in [-0.05, 0) is 13.3 Å². The van der Waals surface area contributed by atoms with Crippen molar-refractivity contribution in [2.24, 2.45) is 0 Å². The van der Waals surface area contributed by atoms with Crippen LogP contribution < -0.4 is 0 Å². The number of rotatable bonds is 6. The molecular formula is C13H17N3O3S. The van der Waals surface area contributed by atoms with E-state index in [9.17, 15) is 9.59 Å². The summed E-state index contributed by atoms with van der Waals surface area (Å²) in [7, 11) is 0. The van der Waals surface area contributed by atoms with Crippen molar-refractivity contribution in [2.75, 3.05) is 13.1 Å². The predicted molar refractivity (Wildman–Crippen MR) is 76.3 cm³/mol. The fraction of sp³-hybridized carbons (Fsp3) is 0.462. The molecule has 0 aliphatic rings. The summed E-state index contributed by atoms with van der Waals surface area (Å²) < 4.78 is 1.83. The molecular weight excluding hydrogens is 278 g/mol. The number of carboxylic acids is 1. The fourth-order valence-corrected chi connectivity index (χ4v) is 2.80. The van der Waals surface area contributed by atoms with Gasteiger partial charge < -0.3 is 10.0 Å². The highest BCUT2D eigenvalue weighted by Crippen LogP contribution is 2.17. The highest BCUT2D eigenvalue weighted by Gasteiger charge is 2.19. The maximum atomic E-state index is 12.4. The molecule has 2 aromatic rings. The Labute approximate surface area is 120 Å². The second-order valence-corrected chi connectivity index (χ2v) is 5.81. The van der Waals surface area contributed by atoms with Crippen LogP contribution in [0.15, 0.2) is 12.4 Å². The first-order valence-electron chi connectivity index (χ1n) is 6.47. The molecule has 20 heavy (non-hydrogen) atoms. The molecule has 7 heteroatoms. The zero-order valence-corrected chi connectivity index (χ0v) is 12.3. The summed E-state index contributed by atoms with van der Waals surface area (Å²) in [4.78, 5) is 30.8. The van der Waals surface area contributed by atoms with E-state index >= 15 is 0 Å². The smallest absolute Gasteiger partial charge is 0.305 e. The number of carbonyl (C=O) groups excluding carboxylic acids is 1. The summed E-state index contributed by atoms with van der Waals surface area (Å²) in [5, 5.41) is 8.74. The number of fused-ring (bicyclic) bond motifs is 1. The van der Waals surface area contributed by atoms with Crippen molar-refractivity contribution in [3.8, 4) is 0 Å². The van der Waals surface area contributed by atoms with Crippen molar-refractivity contribution in [1.29, 1.82) is 0 Å². The lowest BCUT2D eigenvalue weighted by molar-refractivity contribution is -0.137. The van der Waals surface area contributed by atoms with E-state index in [2.05, 4.69) is 4.98 Å². The molecule has 0 unspecified atom stereocenters. The lowest BCUT2D eigenvalue weighted by Gasteiger charge is -2.19. The average Bonchev–Trinajstić information content (AvgIpc) is 2.90. The van der Waals surface area contributed by atoms with E-state index in [0.717, 1.165) is 16.3 Å². The summed E-state index contributed by atoms with van der Waals surface area (Å²) in [5.74, 6) is -1.11. The number of imidazole rings is 1. The van der Waals surface area contributed by atoms with Crippen LogP contribution in [0.3, 0.4) is 0 Å². The highest BCUT2D eigenvalue weighted by molar-refractivity contribution is 7.17. The van der Waals surface area contributed by atoms with Gasteiger partial charge in [0.2, 0.25) is 0 Å². The van der Waals surface area contributed by atoms with E-state index in [1.54, 1.807) is 11.1 Å². The Bertz CT molecular complexity index is 600. The number of aromatic nitrogens is 2. The van der Waals surface area contributed by atoms with E-state index in [0.29, 0.717) is 12.2 Å². The average molecular weight is 295 g/mol. The second-order valence-electron chi connectivity index (χ2n) is 4.59. The summed E-state index contributed by atoms with van der Waals surface area (Å²) in [6.45, 7) is 4.69. The van der Waals surface area contributed by atoms with Crippen LogP contribution in [0.4, 0.5) is 0 Å². The van der Waals surface area contributed by atoms with Gasteiger partial charge in [0.15, 0.2) is 4.96 Å². The van der Waals surface area contributed by atoms with Gasteiger partial charge in [-0.2, -0.15) is 0 Å². The Balaban J connectivity index is 2.16. The Hall–Kier alpha value is -1.89. The minimum absolute atomic E-state index is 0.0485. The number of nitrogens with zero attached hydrogens (tertiary/aromatic N) is 3. The maximum Gasteiger partial charge on any atom is 0.305 e. The molecule has 0 bridgehead atoms. The first kappa shape index (κ1) is 14.5. The van der Waals surface area contributed by atoms with Gasteiger partial charge in [-0.25, -0.2) is 4.98 Å². The lowest BCUT2D eigenvalue weighted by Crippen LogP contribution is -2.34. The molecule has 2 aromatic heterocycles. The van der Waals surface area contributed by atoms with Gasteiger partial charge in [0.25, 0.3) is 5.91 Å². The van der Waals surface area contributed by atoms with Gasteiger partial charge in [0.05, 0.1) is 6.42 Å². The molecule has 0 aromatic carbocycles. The predicted octanol–water partition coefficient (Wildman–Crippen LogP) is 2.03. The van der Waals surface area contributed by atoms with Crippen molar-refractivity contribution in [3.63, 3.8) is 0 Å². The van der Waals surface area contributed by atoms with Crippen molar-refractivity contribution in [3.05, 3.63) is 23.0 Å². The molecule has 0 saturated heterocycles. The van der Waals surface area contributed by atoms with Gasteiger partial charge >= 0.3 is 5.97 Å². The third-order valence-corrected chi connectivity index (χ3v) is 3.78. The van der Waals surface area contributed by atoms with E-state index in [4.69, 9.17) is 5.11 Å². The Kier molecular flexibility index (Phi) is 4.39. The van der Waals surface area contributed by atoms with E-state index in [-0.39, 0.29) is 18.9 Å². The van der Waals surface area contributed by atoms with Crippen LogP contribution in [0.1, 0.15) is 35.1 Å². The maximum absolute atomic E-state index is 12.4. The van der Waals surface area contributed by atoms with Crippen LogP contribution in [-0.4, -0.2) is 44.4 Å². The van der Waals surface area contributed by atoms with Gasteiger partial charge in [0.1, 0.15) is 5.69 Å². The zero-order chi connectivity index (χ0) is 14.7. The molecule has 108 valence electrons. The molecule has 1 N–H and O–H groups in total.